The minimum Gasteiger partial charge on any atom is -0.488 e. The number of rotatable bonds is 6. The highest BCUT2D eigenvalue weighted by Crippen LogP contribution is 2.24. The molecule has 7 nitrogen and oxygen atoms in total. The van der Waals surface area contributed by atoms with Crippen LogP contribution < -0.4 is 10.1 Å². The van der Waals surface area contributed by atoms with Crippen LogP contribution in [0.5, 0.6) is 5.75 Å². The quantitative estimate of drug-likeness (QED) is 0.542. The third kappa shape index (κ3) is 4.53. The van der Waals surface area contributed by atoms with Crippen LogP contribution in [0.15, 0.2) is 58.7 Å². The summed E-state index contributed by atoms with van der Waals surface area (Å²) in [4.78, 5) is 35.5. The molecule has 8 heteroatoms. The first kappa shape index (κ1) is 18.7. The van der Waals surface area contributed by atoms with Crippen molar-refractivity contribution < 1.29 is 24.2 Å². The lowest BCUT2D eigenvalue weighted by molar-refractivity contribution is -0.140. The predicted octanol–water partition coefficient (Wildman–Crippen LogP) is 3.01. The van der Waals surface area contributed by atoms with Crippen LogP contribution in [0.2, 0.25) is 0 Å². The first-order valence-corrected chi connectivity index (χ1v) is 8.76. The van der Waals surface area contributed by atoms with Gasteiger partial charge in [-0.25, -0.2) is 9.69 Å². The van der Waals surface area contributed by atoms with E-state index in [1.165, 1.54) is 6.08 Å². The monoisotopic (exact) mass is 430 g/mol. The number of carboxylic acids is 1. The van der Waals surface area contributed by atoms with Gasteiger partial charge in [0.2, 0.25) is 0 Å². The summed E-state index contributed by atoms with van der Waals surface area (Å²) in [6, 6.07) is 14.0. The lowest BCUT2D eigenvalue weighted by Crippen LogP contribution is -2.35. The van der Waals surface area contributed by atoms with Gasteiger partial charge in [-0.05, 0) is 29.8 Å². The number of aliphatic carboxylic acids is 1. The van der Waals surface area contributed by atoms with E-state index in [0.717, 1.165) is 10.0 Å². The van der Waals surface area contributed by atoms with Crippen LogP contribution >= 0.6 is 15.9 Å². The van der Waals surface area contributed by atoms with Crippen LogP contribution in [0, 0.1) is 0 Å². The number of urea groups is 1. The number of nitrogens with one attached hydrogen (secondary N) is 1. The molecule has 2 aromatic rings. The van der Waals surface area contributed by atoms with E-state index in [1.807, 2.05) is 24.3 Å². The molecule has 1 saturated heterocycles. The number of carbonyl (C=O) groups excluding carboxylic acids is 2. The van der Waals surface area contributed by atoms with Gasteiger partial charge in [-0.3, -0.25) is 9.59 Å². The third-order valence-corrected chi connectivity index (χ3v) is 4.31. The van der Waals surface area contributed by atoms with Crippen LogP contribution in [0.3, 0.4) is 0 Å². The number of carboxylic acid groups (broad SMARTS) is 1. The molecule has 0 radical (unpaired) electrons. The summed E-state index contributed by atoms with van der Waals surface area (Å²) in [5.74, 6) is -1.42. The van der Waals surface area contributed by atoms with Crippen LogP contribution in [-0.2, 0) is 16.2 Å². The summed E-state index contributed by atoms with van der Waals surface area (Å²) in [6.45, 7) is -0.359. The molecule has 27 heavy (non-hydrogen) atoms. The van der Waals surface area contributed by atoms with Crippen molar-refractivity contribution >= 4 is 39.9 Å². The van der Waals surface area contributed by atoms with Gasteiger partial charge in [-0.15, -0.1) is 0 Å². The molecule has 0 atom stereocenters. The molecule has 0 spiro atoms. The van der Waals surface area contributed by atoms with Crippen molar-refractivity contribution in [2.24, 2.45) is 0 Å². The summed E-state index contributed by atoms with van der Waals surface area (Å²) in [5.41, 5.74) is 1.56. The minimum absolute atomic E-state index is 0.000872. The summed E-state index contributed by atoms with van der Waals surface area (Å²) >= 11 is 3.38. The lowest BCUT2D eigenvalue weighted by atomic mass is 10.1. The van der Waals surface area contributed by atoms with E-state index in [2.05, 4.69) is 21.2 Å². The number of carbonyl (C=O) groups is 3. The zero-order valence-corrected chi connectivity index (χ0v) is 15.6. The maximum atomic E-state index is 12.2. The maximum Gasteiger partial charge on any atom is 0.329 e. The standard InChI is InChI=1S/C19H15BrN2O5/c20-14-7-5-12(6-8-14)11-27-16-4-2-1-3-13(16)9-15-18(25)22(10-17(23)24)19(26)21-15/h1-9H,10-11H2,(H,21,26)(H,23,24)/b15-9+. The fourth-order valence-corrected chi connectivity index (χ4v) is 2.74. The van der Waals surface area contributed by atoms with Gasteiger partial charge in [0.25, 0.3) is 5.91 Å². The van der Waals surface area contributed by atoms with Gasteiger partial charge in [0.15, 0.2) is 0 Å². The Hall–Kier alpha value is -3.13. The van der Waals surface area contributed by atoms with Crippen molar-refractivity contribution in [3.8, 4) is 5.75 Å². The molecule has 3 amide bonds. The van der Waals surface area contributed by atoms with Gasteiger partial charge in [-0.1, -0.05) is 46.3 Å². The van der Waals surface area contributed by atoms with Gasteiger partial charge in [0.05, 0.1) is 0 Å². The Kier molecular flexibility index (Phi) is 5.56. The number of hydrogen-bond donors (Lipinski definition) is 2. The molecule has 1 fully saturated rings. The first-order chi connectivity index (χ1) is 12.9. The summed E-state index contributed by atoms with van der Waals surface area (Å²) in [6.07, 6.45) is 1.47. The zero-order valence-electron chi connectivity index (χ0n) is 14.0. The van der Waals surface area contributed by atoms with Crippen LogP contribution in [0.1, 0.15) is 11.1 Å². The number of hydrogen-bond acceptors (Lipinski definition) is 4. The smallest absolute Gasteiger partial charge is 0.329 e. The number of halogens is 1. The minimum atomic E-state index is -1.27. The van der Waals surface area contributed by atoms with E-state index in [1.54, 1.807) is 24.3 Å². The van der Waals surface area contributed by atoms with E-state index in [4.69, 9.17) is 9.84 Å². The number of benzene rings is 2. The Balaban J connectivity index is 1.78. The molecular weight excluding hydrogens is 416 g/mol. The second-order valence-electron chi connectivity index (χ2n) is 5.73. The predicted molar refractivity (Wildman–Crippen MR) is 101 cm³/mol. The summed E-state index contributed by atoms with van der Waals surface area (Å²) in [7, 11) is 0. The Morgan fingerprint density at radius 2 is 1.85 bits per heavy atom. The molecule has 1 heterocycles. The molecule has 3 rings (SSSR count). The van der Waals surface area contributed by atoms with E-state index < -0.39 is 24.5 Å². The average molecular weight is 431 g/mol. The largest absolute Gasteiger partial charge is 0.488 e. The van der Waals surface area contributed by atoms with Crippen LogP contribution in [0.25, 0.3) is 6.08 Å². The zero-order chi connectivity index (χ0) is 19.4. The molecule has 1 aliphatic rings. The molecule has 0 bridgehead atoms. The van der Waals surface area contributed by atoms with Gasteiger partial charge < -0.3 is 15.2 Å². The second-order valence-corrected chi connectivity index (χ2v) is 6.64. The van der Waals surface area contributed by atoms with E-state index >= 15 is 0 Å². The van der Waals surface area contributed by atoms with Crippen molar-refractivity contribution in [2.45, 2.75) is 6.61 Å². The van der Waals surface area contributed by atoms with E-state index in [0.29, 0.717) is 22.8 Å². The Bertz CT molecular complexity index is 924. The number of nitrogens with zero attached hydrogens (tertiary/aromatic N) is 1. The number of imide groups is 1. The topological polar surface area (TPSA) is 95.9 Å². The average Bonchev–Trinajstić information content (AvgIpc) is 2.89. The fraction of sp³-hybridized carbons (Fsp3) is 0.105. The van der Waals surface area contributed by atoms with Gasteiger partial charge in [-0.2, -0.15) is 0 Å². The highest BCUT2D eigenvalue weighted by molar-refractivity contribution is 9.10. The molecular formula is C19H15BrN2O5. The molecule has 0 unspecified atom stereocenters. The molecule has 0 aromatic heterocycles. The van der Waals surface area contributed by atoms with Crippen molar-refractivity contribution in [3.05, 3.63) is 69.8 Å². The number of para-hydroxylation sites is 1. The molecule has 1 aliphatic heterocycles. The normalized spacial score (nSPS) is 15.1. The number of amides is 3. The molecule has 2 N–H and O–H groups in total. The fourth-order valence-electron chi connectivity index (χ4n) is 2.48. The molecule has 2 aromatic carbocycles. The maximum absolute atomic E-state index is 12.2. The van der Waals surface area contributed by atoms with Crippen LogP contribution in [-0.4, -0.2) is 34.5 Å². The van der Waals surface area contributed by atoms with Gasteiger partial charge >= 0.3 is 12.0 Å². The molecule has 0 aliphatic carbocycles. The lowest BCUT2D eigenvalue weighted by Gasteiger charge is -2.10. The van der Waals surface area contributed by atoms with E-state index in [-0.39, 0.29) is 5.70 Å². The number of ether oxygens (including phenoxy) is 1. The Labute approximate surface area is 163 Å². The Morgan fingerprint density at radius 1 is 1.15 bits per heavy atom. The summed E-state index contributed by atoms with van der Waals surface area (Å²) < 4.78 is 6.81. The second kappa shape index (κ2) is 8.05. The summed E-state index contributed by atoms with van der Waals surface area (Å²) in [5, 5.41) is 11.2. The van der Waals surface area contributed by atoms with Gasteiger partial charge in [0, 0.05) is 10.0 Å². The first-order valence-electron chi connectivity index (χ1n) is 7.96. The van der Waals surface area contributed by atoms with Crippen molar-refractivity contribution in [1.82, 2.24) is 10.2 Å². The van der Waals surface area contributed by atoms with Crippen molar-refractivity contribution in [3.63, 3.8) is 0 Å². The Morgan fingerprint density at radius 3 is 2.56 bits per heavy atom. The van der Waals surface area contributed by atoms with Gasteiger partial charge in [0.1, 0.15) is 24.6 Å². The third-order valence-electron chi connectivity index (χ3n) is 3.78. The van der Waals surface area contributed by atoms with Crippen LogP contribution in [0.4, 0.5) is 4.79 Å². The molecule has 0 saturated carbocycles. The SMILES string of the molecule is O=C(O)CN1C(=O)N/C(=C/c2ccccc2OCc2ccc(Br)cc2)C1=O. The van der Waals surface area contributed by atoms with Crippen molar-refractivity contribution in [2.75, 3.05) is 6.54 Å². The highest BCUT2D eigenvalue weighted by atomic mass is 79.9. The molecule has 138 valence electrons. The van der Waals surface area contributed by atoms with Crippen molar-refractivity contribution in [1.29, 1.82) is 0 Å². The van der Waals surface area contributed by atoms with E-state index in [9.17, 15) is 14.4 Å². The highest BCUT2D eigenvalue weighted by Gasteiger charge is 2.34.